The zero-order chi connectivity index (χ0) is 17.8. The fourth-order valence-corrected chi connectivity index (χ4v) is 3.39. The maximum absolute atomic E-state index is 12.4. The summed E-state index contributed by atoms with van der Waals surface area (Å²) in [5.41, 5.74) is 2.53. The van der Waals surface area contributed by atoms with Gasteiger partial charge in [0.15, 0.2) is 0 Å². The van der Waals surface area contributed by atoms with Crippen LogP contribution in [0.15, 0.2) is 29.8 Å². The molecule has 1 saturated carbocycles. The van der Waals surface area contributed by atoms with Crippen LogP contribution in [-0.2, 0) is 4.79 Å². The summed E-state index contributed by atoms with van der Waals surface area (Å²) in [6, 6.07) is 9.91. The normalized spacial score (nSPS) is 15.8. The van der Waals surface area contributed by atoms with Crippen molar-refractivity contribution in [3.63, 3.8) is 0 Å². The van der Waals surface area contributed by atoms with Gasteiger partial charge in [0.05, 0.1) is 5.52 Å². The summed E-state index contributed by atoms with van der Waals surface area (Å²) in [5, 5.41) is 13.6. The van der Waals surface area contributed by atoms with Crippen molar-refractivity contribution < 1.29 is 4.79 Å². The smallest absolute Gasteiger partial charge is 0.262 e. The van der Waals surface area contributed by atoms with Gasteiger partial charge in [0.1, 0.15) is 16.8 Å². The minimum absolute atomic E-state index is 0.0562. The van der Waals surface area contributed by atoms with Gasteiger partial charge in [-0.05, 0) is 43.5 Å². The molecule has 0 saturated heterocycles. The first kappa shape index (κ1) is 17.4. The van der Waals surface area contributed by atoms with Crippen LogP contribution in [0, 0.1) is 18.3 Å². The summed E-state index contributed by atoms with van der Waals surface area (Å²) in [5.74, 6) is -0.338. The number of fused-ring (bicyclic) bond motifs is 1. The molecule has 1 heterocycles. The molecule has 0 spiro atoms. The van der Waals surface area contributed by atoms with Crippen molar-refractivity contribution in [3.05, 3.63) is 46.1 Å². The Hall–Kier alpha value is -2.38. The van der Waals surface area contributed by atoms with E-state index < -0.39 is 0 Å². The average molecular weight is 354 g/mol. The standard InChI is InChI=1S/C20H20ClN3O/c1-13-7-8-14-10-15(19(21)24-18(14)9-13)11-16(12-22)20(25)23-17-5-3-2-4-6-17/h7-11,17H,2-6H2,1H3,(H,23,25)/b16-11+. The van der Waals surface area contributed by atoms with Gasteiger partial charge >= 0.3 is 0 Å². The van der Waals surface area contributed by atoms with E-state index >= 15 is 0 Å². The minimum atomic E-state index is -0.338. The molecular weight excluding hydrogens is 334 g/mol. The number of pyridine rings is 1. The first-order valence-electron chi connectivity index (χ1n) is 8.56. The Morgan fingerprint density at radius 2 is 2.08 bits per heavy atom. The predicted molar refractivity (Wildman–Crippen MR) is 100 cm³/mol. The molecule has 0 unspecified atom stereocenters. The van der Waals surface area contributed by atoms with Crippen LogP contribution in [0.25, 0.3) is 17.0 Å². The molecule has 0 bridgehead atoms. The third-order valence-corrected chi connectivity index (χ3v) is 4.86. The third-order valence-electron chi connectivity index (χ3n) is 4.56. The topological polar surface area (TPSA) is 65.8 Å². The van der Waals surface area contributed by atoms with Crippen LogP contribution >= 0.6 is 11.6 Å². The van der Waals surface area contributed by atoms with E-state index in [-0.39, 0.29) is 22.7 Å². The number of halogens is 1. The van der Waals surface area contributed by atoms with E-state index in [1.54, 1.807) is 0 Å². The first-order chi connectivity index (χ1) is 12.1. The maximum atomic E-state index is 12.4. The Morgan fingerprint density at radius 1 is 1.32 bits per heavy atom. The Labute approximate surface area is 152 Å². The summed E-state index contributed by atoms with van der Waals surface area (Å²) < 4.78 is 0. The second-order valence-corrected chi connectivity index (χ2v) is 6.90. The van der Waals surface area contributed by atoms with Crippen LogP contribution in [-0.4, -0.2) is 16.9 Å². The van der Waals surface area contributed by atoms with Gasteiger partial charge in [-0.3, -0.25) is 4.79 Å². The first-order valence-corrected chi connectivity index (χ1v) is 8.94. The molecule has 0 radical (unpaired) electrons. The van der Waals surface area contributed by atoms with Crippen molar-refractivity contribution in [2.75, 3.05) is 0 Å². The number of nitrogens with zero attached hydrogens (tertiary/aromatic N) is 2. The Balaban J connectivity index is 1.87. The summed E-state index contributed by atoms with van der Waals surface area (Å²) >= 11 is 6.26. The van der Waals surface area contributed by atoms with E-state index in [0.29, 0.717) is 5.56 Å². The van der Waals surface area contributed by atoms with Gasteiger partial charge in [-0.2, -0.15) is 5.26 Å². The maximum Gasteiger partial charge on any atom is 0.262 e. The number of nitriles is 1. The summed E-state index contributed by atoms with van der Waals surface area (Å²) in [7, 11) is 0. The van der Waals surface area contributed by atoms with E-state index in [1.807, 2.05) is 37.3 Å². The number of benzene rings is 1. The number of aromatic nitrogens is 1. The SMILES string of the molecule is Cc1ccc2cc(/C=C(\C#N)C(=O)NC3CCCCC3)c(Cl)nc2c1. The molecule has 2 aromatic rings. The van der Waals surface area contributed by atoms with Crippen molar-refractivity contribution in [2.45, 2.75) is 45.1 Å². The van der Waals surface area contributed by atoms with E-state index in [1.165, 1.54) is 12.5 Å². The third kappa shape index (κ3) is 4.18. The van der Waals surface area contributed by atoms with Gasteiger partial charge in [-0.1, -0.05) is 43.0 Å². The van der Waals surface area contributed by atoms with Crippen molar-refractivity contribution in [3.8, 4) is 6.07 Å². The number of aryl methyl sites for hydroxylation is 1. The van der Waals surface area contributed by atoms with Crippen molar-refractivity contribution in [1.82, 2.24) is 10.3 Å². The van der Waals surface area contributed by atoms with Crippen molar-refractivity contribution >= 4 is 34.5 Å². The lowest BCUT2D eigenvalue weighted by Gasteiger charge is -2.22. The van der Waals surface area contributed by atoms with Crippen LogP contribution in [0.1, 0.15) is 43.2 Å². The van der Waals surface area contributed by atoms with E-state index in [4.69, 9.17) is 11.6 Å². The molecule has 128 valence electrons. The second-order valence-electron chi connectivity index (χ2n) is 6.54. The summed E-state index contributed by atoms with van der Waals surface area (Å²) in [6.07, 6.45) is 6.93. The van der Waals surface area contributed by atoms with Crippen molar-refractivity contribution in [1.29, 1.82) is 5.26 Å². The molecule has 4 nitrogen and oxygen atoms in total. The highest BCUT2D eigenvalue weighted by molar-refractivity contribution is 6.31. The van der Waals surface area contributed by atoms with Crippen LogP contribution in [0.2, 0.25) is 5.15 Å². The van der Waals surface area contributed by atoms with Gasteiger partial charge in [-0.25, -0.2) is 4.98 Å². The molecule has 5 heteroatoms. The monoisotopic (exact) mass is 353 g/mol. The molecule has 25 heavy (non-hydrogen) atoms. The van der Waals surface area contributed by atoms with Gasteiger partial charge in [0.25, 0.3) is 5.91 Å². The van der Waals surface area contributed by atoms with Gasteiger partial charge in [0, 0.05) is 17.0 Å². The average Bonchev–Trinajstić information content (AvgIpc) is 2.60. The van der Waals surface area contributed by atoms with Crippen LogP contribution < -0.4 is 5.32 Å². The summed E-state index contributed by atoms with van der Waals surface area (Å²) in [4.78, 5) is 16.8. The molecule has 1 aromatic heterocycles. The lowest BCUT2D eigenvalue weighted by molar-refractivity contribution is -0.117. The molecule has 1 aliphatic carbocycles. The number of hydrogen-bond donors (Lipinski definition) is 1. The van der Waals surface area contributed by atoms with Gasteiger partial charge in [0.2, 0.25) is 0 Å². The quantitative estimate of drug-likeness (QED) is 0.500. The Morgan fingerprint density at radius 3 is 2.80 bits per heavy atom. The summed E-state index contributed by atoms with van der Waals surface area (Å²) in [6.45, 7) is 1.99. The number of carbonyl (C=O) groups is 1. The lowest BCUT2D eigenvalue weighted by atomic mass is 9.95. The van der Waals surface area contributed by atoms with Crippen LogP contribution in [0.4, 0.5) is 0 Å². The number of carbonyl (C=O) groups excluding carboxylic acids is 1. The molecule has 1 fully saturated rings. The fourth-order valence-electron chi connectivity index (χ4n) is 3.19. The van der Waals surface area contributed by atoms with Gasteiger partial charge < -0.3 is 5.32 Å². The van der Waals surface area contributed by atoms with Crippen LogP contribution in [0.5, 0.6) is 0 Å². The molecule has 0 atom stereocenters. The highest BCUT2D eigenvalue weighted by Gasteiger charge is 2.18. The molecule has 1 amide bonds. The number of amides is 1. The zero-order valence-electron chi connectivity index (χ0n) is 14.2. The predicted octanol–water partition coefficient (Wildman–Crippen LogP) is 4.55. The lowest BCUT2D eigenvalue weighted by Crippen LogP contribution is -2.36. The number of nitrogens with one attached hydrogen (secondary N) is 1. The Kier molecular flexibility index (Phi) is 5.35. The highest BCUT2D eigenvalue weighted by atomic mass is 35.5. The number of rotatable bonds is 3. The Bertz CT molecular complexity index is 876. The molecule has 0 aliphatic heterocycles. The number of hydrogen-bond acceptors (Lipinski definition) is 3. The fraction of sp³-hybridized carbons (Fsp3) is 0.350. The highest BCUT2D eigenvalue weighted by Crippen LogP contribution is 2.24. The molecule has 1 N–H and O–H groups in total. The molecule has 1 aliphatic rings. The van der Waals surface area contributed by atoms with E-state index in [2.05, 4.69) is 10.3 Å². The second kappa shape index (κ2) is 7.67. The molecule has 1 aromatic carbocycles. The molecule has 3 rings (SSSR count). The largest absolute Gasteiger partial charge is 0.349 e. The molecular formula is C20H20ClN3O. The van der Waals surface area contributed by atoms with Crippen molar-refractivity contribution in [2.24, 2.45) is 0 Å². The van der Waals surface area contributed by atoms with E-state index in [0.717, 1.165) is 42.1 Å². The van der Waals surface area contributed by atoms with Crippen LogP contribution in [0.3, 0.4) is 0 Å². The van der Waals surface area contributed by atoms with E-state index in [9.17, 15) is 10.1 Å². The minimum Gasteiger partial charge on any atom is -0.349 e. The van der Waals surface area contributed by atoms with Gasteiger partial charge in [-0.15, -0.1) is 0 Å². The zero-order valence-corrected chi connectivity index (χ0v) is 14.9.